The van der Waals surface area contributed by atoms with Crippen LogP contribution in [-0.4, -0.2) is 30.8 Å². The van der Waals surface area contributed by atoms with Crippen molar-refractivity contribution in [2.24, 2.45) is 0 Å². The van der Waals surface area contributed by atoms with Crippen LogP contribution < -0.4 is 19.6 Å². The van der Waals surface area contributed by atoms with Gasteiger partial charge in [0, 0.05) is 48.9 Å². The molecule has 0 aliphatic carbocycles. The molecule has 2 heterocycles. The molecule has 0 aromatic heterocycles. The van der Waals surface area contributed by atoms with Crippen LogP contribution >= 0.6 is 19.4 Å². The second-order valence-electron chi connectivity index (χ2n) is 13.5. The molecule has 7 rings (SSSR count). The summed E-state index contributed by atoms with van der Waals surface area (Å²) < 4.78 is 1.92. The Morgan fingerprint density at radius 1 is 0.404 bits per heavy atom. The molecule has 0 N–H and O–H groups in total. The van der Waals surface area contributed by atoms with Crippen molar-refractivity contribution in [2.75, 3.05) is 45.8 Å². The fourth-order valence-electron chi connectivity index (χ4n) is 7.07. The summed E-state index contributed by atoms with van der Waals surface area (Å²) in [5, 5.41) is 0. The van der Waals surface area contributed by atoms with E-state index in [2.05, 4.69) is 161 Å². The van der Waals surface area contributed by atoms with Gasteiger partial charge in [-0.1, -0.05) is 72.8 Å². The van der Waals surface area contributed by atoms with Gasteiger partial charge < -0.3 is 19.6 Å². The Balaban J connectivity index is 0.000000161. The first-order chi connectivity index (χ1) is 24.9. The summed E-state index contributed by atoms with van der Waals surface area (Å²) >= 11 is -1.61. The van der Waals surface area contributed by atoms with E-state index in [0.717, 1.165) is 31.7 Å². The summed E-state index contributed by atoms with van der Waals surface area (Å²) in [4.78, 5) is 9.04. The summed E-state index contributed by atoms with van der Waals surface area (Å²) in [6.07, 6.45) is 0. The summed E-state index contributed by atoms with van der Waals surface area (Å²) in [6, 6.07) is 35.7. The fraction of sp³-hybridized carbons (Fsp3) is 0.267. The van der Waals surface area contributed by atoms with Crippen LogP contribution in [0.25, 0.3) is 0 Å². The Hall–Kier alpha value is -3.63. The summed E-state index contributed by atoms with van der Waals surface area (Å²) in [5.74, 6) is 0. The molecule has 5 aromatic rings. The van der Waals surface area contributed by atoms with Crippen molar-refractivity contribution in [1.29, 1.82) is 0 Å². The van der Waals surface area contributed by atoms with Crippen molar-refractivity contribution in [2.45, 2.75) is 55.4 Å². The molecule has 2 aliphatic rings. The monoisotopic (exact) mass is 818 g/mol. The SMILES string of the molecule is Cc1cccc(C)c1N1[C]N(c2c(C)cccc2C)CC1.Cc1cccc(C)c1N1[C]N(c2c(C)cccc2C)CC1.[Cl][Ru]([Cl])=[CH]c1ccccc1. The molecule has 272 valence electrons. The Morgan fingerprint density at radius 3 is 0.885 bits per heavy atom. The van der Waals surface area contributed by atoms with Gasteiger partial charge in [0.1, 0.15) is 0 Å². The molecule has 2 aliphatic heterocycles. The van der Waals surface area contributed by atoms with Crippen LogP contribution in [0.2, 0.25) is 0 Å². The molecule has 4 radical (unpaired) electrons. The van der Waals surface area contributed by atoms with E-state index in [4.69, 9.17) is 19.4 Å². The van der Waals surface area contributed by atoms with Crippen molar-refractivity contribution < 1.29 is 13.5 Å². The van der Waals surface area contributed by atoms with Gasteiger partial charge >= 0.3 is 73.4 Å². The molecule has 0 unspecified atom stereocenters. The van der Waals surface area contributed by atoms with Gasteiger partial charge in [-0.2, -0.15) is 0 Å². The number of halogens is 2. The van der Waals surface area contributed by atoms with Gasteiger partial charge in [0.25, 0.3) is 0 Å². The second-order valence-corrected chi connectivity index (χ2v) is 19.2. The van der Waals surface area contributed by atoms with Crippen LogP contribution in [0.3, 0.4) is 0 Å². The van der Waals surface area contributed by atoms with Crippen molar-refractivity contribution in [3.63, 3.8) is 0 Å². The zero-order chi connectivity index (χ0) is 37.4. The van der Waals surface area contributed by atoms with E-state index < -0.39 is 13.5 Å². The molecule has 5 aromatic carbocycles. The Morgan fingerprint density at radius 2 is 0.654 bits per heavy atom. The van der Waals surface area contributed by atoms with Crippen molar-refractivity contribution in [3.8, 4) is 0 Å². The fourth-order valence-corrected chi connectivity index (χ4v) is 8.90. The third-order valence-electron chi connectivity index (χ3n) is 9.41. The van der Waals surface area contributed by atoms with Gasteiger partial charge in [-0.3, -0.25) is 0 Å². The zero-order valence-electron chi connectivity index (χ0n) is 31.6. The first kappa shape index (κ1) is 39.6. The van der Waals surface area contributed by atoms with Crippen LogP contribution in [0.15, 0.2) is 103 Å². The number of benzene rings is 5. The molecular weight excluding hydrogens is 768 g/mol. The van der Waals surface area contributed by atoms with Crippen molar-refractivity contribution >= 4 is 46.7 Å². The average molecular weight is 819 g/mol. The Kier molecular flexibility index (Phi) is 14.0. The number of aryl methyl sites for hydroxylation is 8. The average Bonchev–Trinajstić information content (AvgIpc) is 3.76. The number of para-hydroxylation sites is 4. The number of rotatable bonds is 5. The van der Waals surface area contributed by atoms with Crippen molar-refractivity contribution in [3.05, 3.63) is 167 Å². The molecule has 0 saturated carbocycles. The molecule has 7 heteroatoms. The number of hydrogen-bond donors (Lipinski definition) is 0. The normalized spacial score (nSPS) is 14.1. The van der Waals surface area contributed by atoms with E-state index in [1.165, 1.54) is 67.3 Å². The van der Waals surface area contributed by atoms with Gasteiger partial charge in [0.05, 0.1) is 0 Å². The van der Waals surface area contributed by atoms with Crippen LogP contribution in [0, 0.1) is 68.7 Å². The quantitative estimate of drug-likeness (QED) is 0.164. The third kappa shape index (κ3) is 9.87. The first-order valence-corrected chi connectivity index (χ1v) is 23.2. The summed E-state index contributed by atoms with van der Waals surface area (Å²) in [7, 11) is 11.3. The van der Waals surface area contributed by atoms with Crippen LogP contribution in [0.1, 0.15) is 50.1 Å². The maximum absolute atomic E-state index is 5.67. The molecule has 2 fully saturated rings. The molecule has 52 heavy (non-hydrogen) atoms. The Bertz CT molecular complexity index is 1680. The standard InChI is InChI=1S/2C19H22N2.C7H6.2ClH.Ru/c2*1-14-7-5-8-15(2)18(14)20-11-12-21(13-20)19-16(3)9-6-10-17(19)4;1-7-5-3-2-4-6-7;;;/h2*5-10H,11-12H2,1-4H3;1-6H;2*1H;/q;;;;;+2/p-2. The van der Waals surface area contributed by atoms with E-state index in [-0.39, 0.29) is 0 Å². The third-order valence-corrected chi connectivity index (χ3v) is 11.3. The minimum atomic E-state index is -1.61. The molecule has 2 saturated heterocycles. The number of hydrogen-bond acceptors (Lipinski definition) is 4. The van der Waals surface area contributed by atoms with Crippen LogP contribution in [-0.2, 0) is 13.5 Å². The summed E-state index contributed by atoms with van der Waals surface area (Å²) in [6.45, 7) is 28.4. The van der Waals surface area contributed by atoms with E-state index >= 15 is 0 Å². The van der Waals surface area contributed by atoms with Gasteiger partial charge in [-0.05, 0) is 99.9 Å². The second kappa shape index (κ2) is 18.4. The first-order valence-electron chi connectivity index (χ1n) is 17.7. The molecule has 0 atom stereocenters. The van der Waals surface area contributed by atoms with E-state index in [1.807, 2.05) is 34.9 Å². The van der Waals surface area contributed by atoms with Gasteiger partial charge in [-0.15, -0.1) is 0 Å². The maximum atomic E-state index is 5.67. The predicted molar refractivity (Wildman–Crippen MR) is 223 cm³/mol. The van der Waals surface area contributed by atoms with Gasteiger partial charge in [0.15, 0.2) is 0 Å². The Labute approximate surface area is 326 Å². The molecule has 0 bridgehead atoms. The van der Waals surface area contributed by atoms with Crippen LogP contribution in [0.5, 0.6) is 0 Å². The predicted octanol–water partition coefficient (Wildman–Crippen LogP) is 11.2. The molecule has 0 spiro atoms. The zero-order valence-corrected chi connectivity index (χ0v) is 34.9. The molecule has 4 nitrogen and oxygen atoms in total. The van der Waals surface area contributed by atoms with E-state index in [1.54, 1.807) is 0 Å². The minimum absolute atomic E-state index is 0.986. The summed E-state index contributed by atoms with van der Waals surface area (Å²) in [5.41, 5.74) is 16.8. The number of nitrogens with zero attached hydrogens (tertiary/aromatic N) is 4. The van der Waals surface area contributed by atoms with E-state index in [0.29, 0.717) is 0 Å². The van der Waals surface area contributed by atoms with Gasteiger partial charge in [0.2, 0.25) is 13.3 Å². The molecule has 0 amide bonds. The topological polar surface area (TPSA) is 13.0 Å². The number of anilines is 4. The van der Waals surface area contributed by atoms with Gasteiger partial charge in [-0.25, -0.2) is 0 Å². The van der Waals surface area contributed by atoms with Crippen molar-refractivity contribution in [1.82, 2.24) is 0 Å². The van der Waals surface area contributed by atoms with Crippen LogP contribution in [0.4, 0.5) is 22.7 Å². The molecular formula is C45H50Cl2N4Ru. The van der Waals surface area contributed by atoms with E-state index in [9.17, 15) is 0 Å².